The van der Waals surface area contributed by atoms with Gasteiger partial charge in [-0.2, -0.15) is 0 Å². The van der Waals surface area contributed by atoms with E-state index in [0.29, 0.717) is 0 Å². The molecule has 0 radical (unpaired) electrons. The standard InChI is InChI=1S/C12H19N3/c1-12(2)10-15(8-7-14-12)9-11-3-5-13-6-4-11/h3-6,14H,7-10H2,1-2H3. The van der Waals surface area contributed by atoms with Crippen molar-refractivity contribution in [2.45, 2.75) is 25.9 Å². The summed E-state index contributed by atoms with van der Waals surface area (Å²) in [6.45, 7) is 8.87. The summed E-state index contributed by atoms with van der Waals surface area (Å²) >= 11 is 0. The van der Waals surface area contributed by atoms with Crippen LogP contribution in [0.2, 0.25) is 0 Å². The molecule has 1 aromatic rings. The van der Waals surface area contributed by atoms with Crippen molar-refractivity contribution in [1.29, 1.82) is 0 Å². The second kappa shape index (κ2) is 4.29. The van der Waals surface area contributed by atoms with Crippen molar-refractivity contribution < 1.29 is 0 Å². The van der Waals surface area contributed by atoms with Crippen LogP contribution in [0.25, 0.3) is 0 Å². The zero-order valence-electron chi connectivity index (χ0n) is 9.53. The Balaban J connectivity index is 1.95. The Hall–Kier alpha value is -0.930. The molecule has 0 amide bonds. The van der Waals surface area contributed by atoms with Crippen molar-refractivity contribution in [2.24, 2.45) is 0 Å². The maximum atomic E-state index is 4.04. The van der Waals surface area contributed by atoms with Gasteiger partial charge in [-0.3, -0.25) is 9.88 Å². The molecule has 0 aliphatic carbocycles. The number of hydrogen-bond acceptors (Lipinski definition) is 3. The van der Waals surface area contributed by atoms with Crippen LogP contribution in [0.3, 0.4) is 0 Å². The van der Waals surface area contributed by atoms with E-state index in [9.17, 15) is 0 Å². The quantitative estimate of drug-likeness (QED) is 0.788. The fourth-order valence-electron chi connectivity index (χ4n) is 2.13. The monoisotopic (exact) mass is 205 g/mol. The number of nitrogens with one attached hydrogen (secondary N) is 1. The van der Waals surface area contributed by atoms with Gasteiger partial charge in [-0.25, -0.2) is 0 Å². The third-order valence-electron chi connectivity index (χ3n) is 2.81. The minimum Gasteiger partial charge on any atom is -0.309 e. The minimum atomic E-state index is 0.241. The molecule has 2 rings (SSSR count). The Morgan fingerprint density at radius 1 is 1.40 bits per heavy atom. The third-order valence-corrected chi connectivity index (χ3v) is 2.81. The van der Waals surface area contributed by atoms with Crippen molar-refractivity contribution in [1.82, 2.24) is 15.2 Å². The van der Waals surface area contributed by atoms with Gasteiger partial charge in [0.05, 0.1) is 0 Å². The van der Waals surface area contributed by atoms with Crippen LogP contribution in [0.5, 0.6) is 0 Å². The lowest BCUT2D eigenvalue weighted by atomic mass is 10.0. The second-order valence-corrected chi connectivity index (χ2v) is 4.88. The van der Waals surface area contributed by atoms with Gasteiger partial charge in [0.15, 0.2) is 0 Å². The van der Waals surface area contributed by atoms with Crippen LogP contribution >= 0.6 is 0 Å². The van der Waals surface area contributed by atoms with E-state index in [1.807, 2.05) is 12.4 Å². The SMILES string of the molecule is CC1(C)CN(Cc2ccncc2)CCN1. The molecule has 1 aromatic heterocycles. The van der Waals surface area contributed by atoms with E-state index in [1.165, 1.54) is 5.56 Å². The van der Waals surface area contributed by atoms with Gasteiger partial charge in [0.2, 0.25) is 0 Å². The fraction of sp³-hybridized carbons (Fsp3) is 0.583. The van der Waals surface area contributed by atoms with Crippen LogP contribution in [0.4, 0.5) is 0 Å². The van der Waals surface area contributed by atoms with Crippen molar-refractivity contribution >= 4 is 0 Å². The third kappa shape index (κ3) is 3.01. The molecule has 1 aliphatic rings. The zero-order valence-corrected chi connectivity index (χ0v) is 9.53. The lowest BCUT2D eigenvalue weighted by molar-refractivity contribution is 0.148. The van der Waals surface area contributed by atoms with Crippen LogP contribution in [0.1, 0.15) is 19.4 Å². The number of piperazine rings is 1. The van der Waals surface area contributed by atoms with Gasteiger partial charge >= 0.3 is 0 Å². The van der Waals surface area contributed by atoms with Crippen molar-refractivity contribution in [3.8, 4) is 0 Å². The number of aromatic nitrogens is 1. The van der Waals surface area contributed by atoms with E-state index in [4.69, 9.17) is 0 Å². The highest BCUT2D eigenvalue weighted by Crippen LogP contribution is 2.12. The van der Waals surface area contributed by atoms with Gasteiger partial charge in [-0.05, 0) is 31.5 Å². The first-order valence-corrected chi connectivity index (χ1v) is 5.52. The van der Waals surface area contributed by atoms with Crippen LogP contribution in [0.15, 0.2) is 24.5 Å². The highest BCUT2D eigenvalue weighted by Gasteiger charge is 2.25. The van der Waals surface area contributed by atoms with Crippen molar-refractivity contribution in [3.63, 3.8) is 0 Å². The molecule has 3 heteroatoms. The van der Waals surface area contributed by atoms with E-state index in [2.05, 4.69) is 41.2 Å². The highest BCUT2D eigenvalue weighted by molar-refractivity contribution is 5.09. The Bertz CT molecular complexity index is 308. The molecule has 0 atom stereocenters. The first-order valence-electron chi connectivity index (χ1n) is 5.52. The Labute approximate surface area is 91.5 Å². The molecule has 1 aliphatic heterocycles. The van der Waals surface area contributed by atoms with Crippen molar-refractivity contribution in [2.75, 3.05) is 19.6 Å². The second-order valence-electron chi connectivity index (χ2n) is 4.88. The molecule has 15 heavy (non-hydrogen) atoms. The summed E-state index contributed by atoms with van der Waals surface area (Å²) in [7, 11) is 0. The Kier molecular flexibility index (Phi) is 3.03. The summed E-state index contributed by atoms with van der Waals surface area (Å²) in [6, 6.07) is 4.18. The predicted molar refractivity (Wildman–Crippen MR) is 61.6 cm³/mol. The number of hydrogen-bond donors (Lipinski definition) is 1. The smallest absolute Gasteiger partial charge is 0.0271 e. The van der Waals surface area contributed by atoms with Crippen LogP contribution in [-0.2, 0) is 6.54 Å². The first kappa shape index (κ1) is 10.6. The summed E-state index contributed by atoms with van der Waals surface area (Å²) in [5, 5.41) is 3.52. The van der Waals surface area contributed by atoms with Crippen LogP contribution < -0.4 is 5.32 Å². The van der Waals surface area contributed by atoms with Crippen LogP contribution in [0, 0.1) is 0 Å². The van der Waals surface area contributed by atoms with E-state index in [-0.39, 0.29) is 5.54 Å². The molecule has 0 bridgehead atoms. The molecule has 0 unspecified atom stereocenters. The zero-order chi connectivity index (χ0) is 10.7. The number of rotatable bonds is 2. The molecule has 0 saturated carbocycles. The van der Waals surface area contributed by atoms with Gasteiger partial charge in [0.1, 0.15) is 0 Å². The van der Waals surface area contributed by atoms with E-state index < -0.39 is 0 Å². The summed E-state index contributed by atoms with van der Waals surface area (Å²) < 4.78 is 0. The normalized spacial score (nSPS) is 21.5. The minimum absolute atomic E-state index is 0.241. The topological polar surface area (TPSA) is 28.2 Å². The number of nitrogens with zero attached hydrogens (tertiary/aromatic N) is 2. The summed E-state index contributed by atoms with van der Waals surface area (Å²) in [4.78, 5) is 6.53. The van der Waals surface area contributed by atoms with Gasteiger partial charge in [0, 0.05) is 44.1 Å². The maximum absolute atomic E-state index is 4.04. The molecule has 1 fully saturated rings. The van der Waals surface area contributed by atoms with Crippen LogP contribution in [-0.4, -0.2) is 35.1 Å². The predicted octanol–water partition coefficient (Wildman–Crippen LogP) is 1.27. The Morgan fingerprint density at radius 3 is 2.80 bits per heavy atom. The Morgan fingerprint density at radius 2 is 2.13 bits per heavy atom. The van der Waals surface area contributed by atoms with Crippen molar-refractivity contribution in [3.05, 3.63) is 30.1 Å². The van der Waals surface area contributed by atoms with E-state index >= 15 is 0 Å². The summed E-state index contributed by atoms with van der Waals surface area (Å²) in [5.41, 5.74) is 1.59. The molecule has 1 saturated heterocycles. The highest BCUT2D eigenvalue weighted by atomic mass is 15.2. The lowest BCUT2D eigenvalue weighted by Gasteiger charge is -2.39. The maximum Gasteiger partial charge on any atom is 0.0271 e. The van der Waals surface area contributed by atoms with E-state index in [0.717, 1.165) is 26.2 Å². The fourth-order valence-corrected chi connectivity index (χ4v) is 2.13. The lowest BCUT2D eigenvalue weighted by Crippen LogP contribution is -2.56. The largest absolute Gasteiger partial charge is 0.309 e. The molecule has 3 nitrogen and oxygen atoms in total. The first-order chi connectivity index (χ1) is 7.16. The van der Waals surface area contributed by atoms with Gasteiger partial charge in [-0.1, -0.05) is 0 Å². The molecule has 0 aromatic carbocycles. The van der Waals surface area contributed by atoms with Gasteiger partial charge in [0.25, 0.3) is 0 Å². The number of pyridine rings is 1. The summed E-state index contributed by atoms with van der Waals surface area (Å²) in [6.07, 6.45) is 3.73. The average Bonchev–Trinajstić information content (AvgIpc) is 2.17. The van der Waals surface area contributed by atoms with Gasteiger partial charge in [-0.15, -0.1) is 0 Å². The molecule has 82 valence electrons. The van der Waals surface area contributed by atoms with E-state index in [1.54, 1.807) is 0 Å². The summed E-state index contributed by atoms with van der Waals surface area (Å²) in [5.74, 6) is 0. The molecular weight excluding hydrogens is 186 g/mol. The average molecular weight is 205 g/mol. The molecular formula is C12H19N3. The molecule has 0 spiro atoms. The molecule has 1 N–H and O–H groups in total. The molecule has 2 heterocycles. The van der Waals surface area contributed by atoms with Gasteiger partial charge < -0.3 is 5.32 Å².